The fourth-order valence-corrected chi connectivity index (χ4v) is 5.59. The molecule has 1 aromatic carbocycles. The molecule has 2 N–H and O–H groups in total. The molecule has 194 valence electrons. The standard InChI is InChI=1S/C25H29F5N6/c1-15-11-19-18(4-6-20-22(19)24(27)34-33-20)23(36(15)14-25(28,29)30)21-5-3-16(12-31-21)32-17-7-10-35(13-17)9-2-8-26/h3-6,12,15,17,23,32H,2,7-11,13-14H2,1H3,(H,33,34)/t15-,17?,23+/m1/s1. The van der Waals surface area contributed by atoms with Gasteiger partial charge >= 0.3 is 6.18 Å². The fourth-order valence-electron chi connectivity index (χ4n) is 5.59. The Balaban J connectivity index is 1.43. The van der Waals surface area contributed by atoms with Crippen LogP contribution in [-0.2, 0) is 6.42 Å². The van der Waals surface area contributed by atoms with Gasteiger partial charge in [0.25, 0.3) is 0 Å². The van der Waals surface area contributed by atoms with E-state index in [2.05, 4.69) is 25.4 Å². The van der Waals surface area contributed by atoms with E-state index < -0.39 is 30.8 Å². The van der Waals surface area contributed by atoms with Crippen LogP contribution in [0.4, 0.5) is 27.6 Å². The number of rotatable bonds is 7. The minimum atomic E-state index is -4.40. The van der Waals surface area contributed by atoms with E-state index in [1.54, 1.807) is 31.3 Å². The van der Waals surface area contributed by atoms with Gasteiger partial charge in [0.1, 0.15) is 0 Å². The molecule has 1 unspecified atom stereocenters. The lowest BCUT2D eigenvalue weighted by Crippen LogP contribution is -2.47. The number of nitrogens with zero attached hydrogens (tertiary/aromatic N) is 4. The highest BCUT2D eigenvalue weighted by Crippen LogP contribution is 2.41. The van der Waals surface area contributed by atoms with Gasteiger partial charge in [-0.05, 0) is 55.5 Å². The molecular formula is C25H29F5N6. The summed E-state index contributed by atoms with van der Waals surface area (Å²) in [5.41, 5.74) is 2.97. The van der Waals surface area contributed by atoms with E-state index >= 15 is 0 Å². The molecule has 4 heterocycles. The number of alkyl halides is 4. The second-order valence-corrected chi connectivity index (χ2v) is 9.75. The van der Waals surface area contributed by atoms with Gasteiger partial charge in [-0.25, -0.2) is 0 Å². The molecule has 2 aromatic heterocycles. The number of aromatic nitrogens is 3. The number of benzene rings is 1. The predicted molar refractivity (Wildman–Crippen MR) is 127 cm³/mol. The van der Waals surface area contributed by atoms with Crippen molar-refractivity contribution in [2.75, 3.05) is 38.2 Å². The molecule has 5 rings (SSSR count). The summed E-state index contributed by atoms with van der Waals surface area (Å²) in [7, 11) is 0. The van der Waals surface area contributed by atoms with Crippen molar-refractivity contribution >= 4 is 16.6 Å². The van der Waals surface area contributed by atoms with Gasteiger partial charge < -0.3 is 10.2 Å². The predicted octanol–water partition coefficient (Wildman–Crippen LogP) is 4.84. The van der Waals surface area contributed by atoms with Gasteiger partial charge in [0.2, 0.25) is 5.95 Å². The Kier molecular flexibility index (Phi) is 6.86. The number of H-pyrrole nitrogens is 1. The molecule has 0 amide bonds. The lowest BCUT2D eigenvalue weighted by atomic mass is 9.85. The topological polar surface area (TPSA) is 60.1 Å². The van der Waals surface area contributed by atoms with E-state index in [0.717, 1.165) is 31.7 Å². The number of anilines is 1. The summed E-state index contributed by atoms with van der Waals surface area (Å²) >= 11 is 0. The van der Waals surface area contributed by atoms with Crippen LogP contribution in [0.25, 0.3) is 10.9 Å². The molecule has 0 aliphatic carbocycles. The number of pyridine rings is 1. The number of halogens is 5. The first-order valence-corrected chi connectivity index (χ1v) is 12.2. The van der Waals surface area contributed by atoms with Crippen molar-refractivity contribution in [1.82, 2.24) is 25.0 Å². The van der Waals surface area contributed by atoms with Crippen LogP contribution in [0.5, 0.6) is 0 Å². The Bertz CT molecular complexity index is 1190. The summed E-state index contributed by atoms with van der Waals surface area (Å²) in [6.07, 6.45) is -1.04. The molecule has 1 saturated heterocycles. The summed E-state index contributed by atoms with van der Waals surface area (Å²) in [5.74, 6) is -0.582. The van der Waals surface area contributed by atoms with E-state index in [-0.39, 0.29) is 19.1 Å². The van der Waals surface area contributed by atoms with Crippen molar-refractivity contribution in [2.24, 2.45) is 0 Å². The lowest BCUT2D eigenvalue weighted by Gasteiger charge is -2.42. The first-order valence-electron chi connectivity index (χ1n) is 12.2. The van der Waals surface area contributed by atoms with Crippen LogP contribution in [0, 0.1) is 5.95 Å². The van der Waals surface area contributed by atoms with Gasteiger partial charge in [0.15, 0.2) is 0 Å². The number of likely N-dealkylation sites (tertiary alicyclic amines) is 1. The molecule has 0 saturated carbocycles. The van der Waals surface area contributed by atoms with Gasteiger partial charge in [0, 0.05) is 31.7 Å². The van der Waals surface area contributed by atoms with E-state index in [0.29, 0.717) is 34.1 Å². The molecule has 2 aliphatic heterocycles. The fraction of sp³-hybridized carbons (Fsp3) is 0.520. The van der Waals surface area contributed by atoms with Crippen molar-refractivity contribution in [1.29, 1.82) is 0 Å². The van der Waals surface area contributed by atoms with E-state index in [1.165, 1.54) is 4.90 Å². The number of fused-ring (bicyclic) bond motifs is 3. The summed E-state index contributed by atoms with van der Waals surface area (Å²) in [5, 5.41) is 10.1. The largest absolute Gasteiger partial charge is 0.401 e. The Morgan fingerprint density at radius 2 is 2.03 bits per heavy atom. The second kappa shape index (κ2) is 9.93. The van der Waals surface area contributed by atoms with Crippen molar-refractivity contribution in [3.05, 3.63) is 53.2 Å². The van der Waals surface area contributed by atoms with Crippen molar-refractivity contribution in [2.45, 2.75) is 50.5 Å². The Morgan fingerprint density at radius 1 is 1.19 bits per heavy atom. The Hall–Kier alpha value is -2.79. The minimum absolute atomic E-state index is 0.201. The van der Waals surface area contributed by atoms with Gasteiger partial charge in [-0.15, -0.1) is 0 Å². The van der Waals surface area contributed by atoms with Crippen molar-refractivity contribution in [3.8, 4) is 0 Å². The lowest BCUT2D eigenvalue weighted by molar-refractivity contribution is -0.155. The SMILES string of the molecule is C[C@@H]1Cc2c(ccc3n[nH]c(F)c23)[C@@H](c2ccc(NC3CCN(CCCF)C3)cn2)N1CC(F)(F)F. The zero-order valence-corrected chi connectivity index (χ0v) is 20.0. The van der Waals surface area contributed by atoms with Crippen LogP contribution in [0.2, 0.25) is 0 Å². The quantitative estimate of drug-likeness (QED) is 0.448. The summed E-state index contributed by atoms with van der Waals surface area (Å²) in [4.78, 5) is 8.17. The third-order valence-electron chi connectivity index (χ3n) is 7.19. The smallest absolute Gasteiger partial charge is 0.380 e. The first-order chi connectivity index (χ1) is 17.2. The molecule has 3 atom stereocenters. The molecule has 3 aromatic rings. The first kappa shape index (κ1) is 24.9. The zero-order chi connectivity index (χ0) is 25.4. The maximum Gasteiger partial charge on any atom is 0.401 e. The molecule has 1 fully saturated rings. The number of nitrogens with one attached hydrogen (secondary N) is 2. The molecule has 0 radical (unpaired) electrons. The third-order valence-corrected chi connectivity index (χ3v) is 7.19. The summed E-state index contributed by atoms with van der Waals surface area (Å²) < 4.78 is 67.7. The van der Waals surface area contributed by atoms with Gasteiger partial charge in [-0.3, -0.25) is 19.4 Å². The Morgan fingerprint density at radius 3 is 2.75 bits per heavy atom. The number of aromatic amines is 1. The van der Waals surface area contributed by atoms with Crippen LogP contribution in [-0.4, -0.2) is 76.1 Å². The minimum Gasteiger partial charge on any atom is -0.380 e. The van der Waals surface area contributed by atoms with Crippen molar-refractivity contribution in [3.63, 3.8) is 0 Å². The monoisotopic (exact) mass is 508 g/mol. The van der Waals surface area contributed by atoms with Crippen LogP contribution in [0.15, 0.2) is 30.5 Å². The summed E-state index contributed by atoms with van der Waals surface area (Å²) in [6.45, 7) is 2.73. The molecule has 6 nitrogen and oxygen atoms in total. The normalized spacial score (nSPS) is 23.3. The van der Waals surface area contributed by atoms with Gasteiger partial charge in [-0.1, -0.05) is 6.07 Å². The van der Waals surface area contributed by atoms with Crippen molar-refractivity contribution < 1.29 is 22.0 Å². The van der Waals surface area contributed by atoms with E-state index in [9.17, 15) is 22.0 Å². The van der Waals surface area contributed by atoms with Crippen LogP contribution in [0.3, 0.4) is 0 Å². The maximum absolute atomic E-state index is 14.5. The summed E-state index contributed by atoms with van der Waals surface area (Å²) in [6, 6.07) is 5.87. The average molecular weight is 509 g/mol. The zero-order valence-electron chi connectivity index (χ0n) is 20.0. The maximum atomic E-state index is 14.5. The van der Waals surface area contributed by atoms with Crippen LogP contribution in [0.1, 0.15) is 42.6 Å². The highest BCUT2D eigenvalue weighted by molar-refractivity contribution is 5.84. The average Bonchev–Trinajstić information content (AvgIpc) is 3.44. The second-order valence-electron chi connectivity index (χ2n) is 9.75. The molecule has 2 aliphatic rings. The highest BCUT2D eigenvalue weighted by atomic mass is 19.4. The molecule has 36 heavy (non-hydrogen) atoms. The molecule has 0 spiro atoms. The van der Waals surface area contributed by atoms with Gasteiger partial charge in [-0.2, -0.15) is 22.7 Å². The molecule has 11 heteroatoms. The number of hydrogen-bond acceptors (Lipinski definition) is 5. The van der Waals surface area contributed by atoms with Gasteiger partial charge in [0.05, 0.1) is 47.7 Å². The van der Waals surface area contributed by atoms with Crippen LogP contribution < -0.4 is 5.32 Å². The third kappa shape index (κ3) is 5.04. The van der Waals surface area contributed by atoms with Crippen LogP contribution >= 0.6 is 0 Å². The Labute approximate surface area is 205 Å². The van der Waals surface area contributed by atoms with E-state index in [1.807, 2.05) is 6.07 Å². The highest BCUT2D eigenvalue weighted by Gasteiger charge is 2.42. The molecule has 0 bridgehead atoms. The van der Waals surface area contributed by atoms with E-state index in [4.69, 9.17) is 0 Å². The number of hydrogen-bond donors (Lipinski definition) is 2. The molecular weight excluding hydrogens is 479 g/mol.